The van der Waals surface area contributed by atoms with Crippen LogP contribution in [0.3, 0.4) is 0 Å². The number of hydrogen-bond acceptors (Lipinski definition) is 3. The van der Waals surface area contributed by atoms with Crippen molar-refractivity contribution in [1.29, 1.82) is 0 Å². The minimum atomic E-state index is -3.52. The van der Waals surface area contributed by atoms with E-state index in [-0.39, 0.29) is 23.0 Å². The highest BCUT2D eigenvalue weighted by atomic mass is 35.5. The number of nitrogen functional groups attached to an aromatic ring is 1. The van der Waals surface area contributed by atoms with Gasteiger partial charge in [0.05, 0.1) is 4.90 Å². The van der Waals surface area contributed by atoms with Gasteiger partial charge in [0.15, 0.2) is 9.84 Å². The maximum absolute atomic E-state index is 13.0. The molecule has 0 atom stereocenters. The molecule has 3 nitrogen and oxygen atoms in total. The van der Waals surface area contributed by atoms with Crippen LogP contribution in [0, 0.1) is 0 Å². The topological polar surface area (TPSA) is 60.2 Å². The monoisotopic (exact) mass is 271 g/mol. The number of anilines is 1. The molecule has 0 unspecified atom stereocenters. The van der Waals surface area contributed by atoms with Crippen molar-refractivity contribution in [2.45, 2.75) is 17.7 Å². The number of rotatable bonds is 2. The Morgan fingerprint density at radius 3 is 2.12 bits per heavy atom. The standard InChI is InChI=1S/C9H11F2NO2S.ClH/c1-9(10,11)6-3-7(12)5-8(4-6)15(2,13)14;/h3-5H,12H2,1-2H3;1H. The Morgan fingerprint density at radius 1 is 1.25 bits per heavy atom. The van der Waals surface area contributed by atoms with Crippen molar-refractivity contribution >= 4 is 27.9 Å². The number of hydrogen-bond donors (Lipinski definition) is 1. The zero-order valence-electron chi connectivity index (χ0n) is 8.70. The molecule has 0 spiro atoms. The largest absolute Gasteiger partial charge is 0.399 e. The quantitative estimate of drug-likeness (QED) is 0.839. The van der Waals surface area contributed by atoms with Crippen LogP contribution >= 0.6 is 12.4 Å². The van der Waals surface area contributed by atoms with Gasteiger partial charge in [-0.25, -0.2) is 17.2 Å². The van der Waals surface area contributed by atoms with Gasteiger partial charge in [0, 0.05) is 24.4 Å². The molecule has 16 heavy (non-hydrogen) atoms. The van der Waals surface area contributed by atoms with Crippen LogP contribution in [0.25, 0.3) is 0 Å². The summed E-state index contributed by atoms with van der Waals surface area (Å²) in [4.78, 5) is -0.195. The molecular formula is C9H12ClF2NO2S. The first kappa shape index (κ1) is 15.1. The molecule has 0 aliphatic carbocycles. The van der Waals surface area contributed by atoms with E-state index in [0.29, 0.717) is 6.92 Å². The van der Waals surface area contributed by atoms with Gasteiger partial charge >= 0.3 is 0 Å². The third kappa shape index (κ3) is 3.61. The molecule has 0 aliphatic heterocycles. The predicted octanol–water partition coefficient (Wildman–Crippen LogP) is 2.21. The summed E-state index contributed by atoms with van der Waals surface area (Å²) in [6.45, 7) is 0.688. The summed E-state index contributed by atoms with van der Waals surface area (Å²) in [5, 5.41) is 0. The molecule has 0 radical (unpaired) electrons. The van der Waals surface area contributed by atoms with Gasteiger partial charge in [-0.1, -0.05) is 0 Å². The highest BCUT2D eigenvalue weighted by molar-refractivity contribution is 7.90. The van der Waals surface area contributed by atoms with Crippen molar-refractivity contribution in [2.24, 2.45) is 0 Å². The van der Waals surface area contributed by atoms with Crippen LogP contribution in [0.1, 0.15) is 12.5 Å². The minimum absolute atomic E-state index is 0. The fourth-order valence-electron chi connectivity index (χ4n) is 1.09. The Kier molecular flexibility index (Phi) is 4.30. The lowest BCUT2D eigenvalue weighted by atomic mass is 10.1. The van der Waals surface area contributed by atoms with Crippen LogP contribution in [-0.4, -0.2) is 14.7 Å². The minimum Gasteiger partial charge on any atom is -0.399 e. The molecule has 7 heteroatoms. The third-order valence-corrected chi connectivity index (χ3v) is 2.96. The number of nitrogens with two attached hydrogens (primary N) is 1. The lowest BCUT2D eigenvalue weighted by Crippen LogP contribution is -2.10. The van der Waals surface area contributed by atoms with Gasteiger partial charge in [-0.3, -0.25) is 0 Å². The van der Waals surface area contributed by atoms with E-state index in [9.17, 15) is 17.2 Å². The number of benzene rings is 1. The van der Waals surface area contributed by atoms with Crippen molar-refractivity contribution in [1.82, 2.24) is 0 Å². The normalized spacial score (nSPS) is 12.0. The maximum atomic E-state index is 13.0. The Balaban J connectivity index is 0.00000225. The Bertz CT molecular complexity index is 483. The van der Waals surface area contributed by atoms with Gasteiger partial charge in [0.1, 0.15) is 0 Å². The Hall–Kier alpha value is -0.880. The first-order valence-corrected chi connectivity index (χ1v) is 5.99. The van der Waals surface area contributed by atoms with Gasteiger partial charge < -0.3 is 5.73 Å². The second-order valence-electron chi connectivity index (χ2n) is 3.45. The molecule has 0 aromatic heterocycles. The average molecular weight is 272 g/mol. The van der Waals surface area contributed by atoms with E-state index in [2.05, 4.69) is 0 Å². The molecule has 0 bridgehead atoms. The molecular weight excluding hydrogens is 260 g/mol. The predicted molar refractivity (Wildman–Crippen MR) is 60.8 cm³/mol. The number of sulfone groups is 1. The summed E-state index contributed by atoms with van der Waals surface area (Å²) < 4.78 is 48.2. The maximum Gasteiger partial charge on any atom is 0.270 e. The molecule has 2 N–H and O–H groups in total. The van der Waals surface area contributed by atoms with E-state index in [0.717, 1.165) is 24.5 Å². The first-order chi connectivity index (χ1) is 6.60. The van der Waals surface area contributed by atoms with Crippen molar-refractivity contribution in [3.05, 3.63) is 23.8 Å². The van der Waals surface area contributed by atoms with Crippen molar-refractivity contribution < 1.29 is 17.2 Å². The smallest absolute Gasteiger partial charge is 0.270 e. The van der Waals surface area contributed by atoms with Gasteiger partial charge in [-0.2, -0.15) is 0 Å². The molecule has 0 heterocycles. The van der Waals surface area contributed by atoms with Gasteiger partial charge in [0.25, 0.3) is 5.92 Å². The van der Waals surface area contributed by atoms with E-state index >= 15 is 0 Å². The third-order valence-electron chi connectivity index (χ3n) is 1.86. The molecule has 0 fully saturated rings. The zero-order valence-corrected chi connectivity index (χ0v) is 10.3. The highest BCUT2D eigenvalue weighted by Gasteiger charge is 2.26. The Morgan fingerprint density at radius 2 is 1.75 bits per heavy atom. The molecule has 0 saturated carbocycles. The van der Waals surface area contributed by atoms with Crippen LogP contribution in [0.15, 0.2) is 23.1 Å². The van der Waals surface area contributed by atoms with Crippen LogP contribution in [0.4, 0.5) is 14.5 Å². The summed E-state index contributed by atoms with van der Waals surface area (Å²) in [7, 11) is -3.52. The SMILES string of the molecule is CC(F)(F)c1cc(N)cc(S(C)(=O)=O)c1.Cl. The fraction of sp³-hybridized carbons (Fsp3) is 0.333. The van der Waals surface area contributed by atoms with Crippen LogP contribution in [0.5, 0.6) is 0 Å². The molecule has 0 saturated heterocycles. The van der Waals surface area contributed by atoms with Crippen LogP contribution in [0.2, 0.25) is 0 Å². The fourth-order valence-corrected chi connectivity index (χ4v) is 1.78. The first-order valence-electron chi connectivity index (χ1n) is 4.09. The number of halogens is 3. The van der Waals surface area contributed by atoms with E-state index < -0.39 is 21.3 Å². The van der Waals surface area contributed by atoms with Crippen molar-refractivity contribution in [3.63, 3.8) is 0 Å². The summed E-state index contributed by atoms with van der Waals surface area (Å²) in [6, 6.07) is 3.16. The van der Waals surface area contributed by atoms with Crippen molar-refractivity contribution in [3.8, 4) is 0 Å². The summed E-state index contributed by atoms with van der Waals surface area (Å²) in [6.07, 6.45) is 0.944. The summed E-state index contributed by atoms with van der Waals surface area (Å²) >= 11 is 0. The summed E-state index contributed by atoms with van der Waals surface area (Å²) in [5.74, 6) is -3.10. The van der Waals surface area contributed by atoms with Crippen LogP contribution < -0.4 is 5.73 Å². The van der Waals surface area contributed by atoms with E-state index in [1.807, 2.05) is 0 Å². The zero-order chi connectivity index (χ0) is 11.9. The lowest BCUT2D eigenvalue weighted by molar-refractivity contribution is 0.0173. The molecule has 92 valence electrons. The Labute approximate surface area is 99.0 Å². The lowest BCUT2D eigenvalue weighted by Gasteiger charge is -2.12. The van der Waals surface area contributed by atoms with Crippen molar-refractivity contribution in [2.75, 3.05) is 12.0 Å². The van der Waals surface area contributed by atoms with E-state index in [1.165, 1.54) is 0 Å². The van der Waals surface area contributed by atoms with E-state index in [4.69, 9.17) is 5.73 Å². The van der Waals surface area contributed by atoms with Gasteiger partial charge in [-0.05, 0) is 18.2 Å². The summed E-state index contributed by atoms with van der Waals surface area (Å²) in [5.41, 5.74) is 4.96. The highest BCUT2D eigenvalue weighted by Crippen LogP contribution is 2.30. The van der Waals surface area contributed by atoms with Gasteiger partial charge in [-0.15, -0.1) is 12.4 Å². The average Bonchev–Trinajstić information content (AvgIpc) is 1.99. The molecule has 0 amide bonds. The molecule has 1 rings (SSSR count). The van der Waals surface area contributed by atoms with Gasteiger partial charge in [0.2, 0.25) is 0 Å². The molecule has 1 aromatic rings. The molecule has 1 aromatic carbocycles. The molecule has 0 aliphatic rings. The second-order valence-corrected chi connectivity index (χ2v) is 5.47. The second kappa shape index (κ2) is 4.55. The van der Waals surface area contributed by atoms with E-state index in [1.54, 1.807) is 0 Å². The number of alkyl halides is 2. The van der Waals surface area contributed by atoms with Crippen LogP contribution in [-0.2, 0) is 15.8 Å².